The highest BCUT2D eigenvalue weighted by molar-refractivity contribution is 7.98. The van der Waals surface area contributed by atoms with Gasteiger partial charge in [-0.25, -0.2) is 4.79 Å². The Morgan fingerprint density at radius 1 is 1.31 bits per heavy atom. The molecule has 0 saturated carbocycles. The van der Waals surface area contributed by atoms with Crippen molar-refractivity contribution in [1.29, 1.82) is 0 Å². The molecule has 0 radical (unpaired) electrons. The minimum atomic E-state index is -0.960. The quantitative estimate of drug-likeness (QED) is 0.717. The molecule has 0 spiro atoms. The number of carboxylic acids is 1. The van der Waals surface area contributed by atoms with Crippen molar-refractivity contribution in [2.24, 2.45) is 11.8 Å². The molecule has 16 heavy (non-hydrogen) atoms. The van der Waals surface area contributed by atoms with E-state index in [1.165, 1.54) is 0 Å². The molecule has 2 atom stereocenters. The number of rotatable bonds is 7. The average molecular weight is 247 g/mol. The molecule has 0 saturated heterocycles. The van der Waals surface area contributed by atoms with Gasteiger partial charge < -0.3 is 10.4 Å². The summed E-state index contributed by atoms with van der Waals surface area (Å²) < 4.78 is 0. The van der Waals surface area contributed by atoms with E-state index in [1.54, 1.807) is 11.8 Å². The van der Waals surface area contributed by atoms with Crippen LogP contribution in [-0.2, 0) is 9.59 Å². The van der Waals surface area contributed by atoms with E-state index in [2.05, 4.69) is 5.32 Å². The average Bonchev–Trinajstić information content (AvgIpc) is 2.21. The molecule has 0 aliphatic carbocycles. The van der Waals surface area contributed by atoms with Gasteiger partial charge in [-0.05, 0) is 24.3 Å². The summed E-state index contributed by atoms with van der Waals surface area (Å²) in [6, 6.07) is -0.763. The normalized spacial score (nSPS) is 14.6. The van der Waals surface area contributed by atoms with Crippen molar-refractivity contribution < 1.29 is 14.7 Å². The van der Waals surface area contributed by atoms with Crippen molar-refractivity contribution >= 4 is 23.6 Å². The summed E-state index contributed by atoms with van der Waals surface area (Å²) in [7, 11) is 0. The van der Waals surface area contributed by atoms with Gasteiger partial charge in [-0.1, -0.05) is 20.8 Å². The Labute approximate surface area is 101 Å². The number of hydrogen-bond donors (Lipinski definition) is 2. The van der Waals surface area contributed by atoms with E-state index in [9.17, 15) is 9.59 Å². The Hall–Kier alpha value is -0.710. The number of thioether (sulfide) groups is 1. The zero-order valence-electron chi connectivity index (χ0n) is 10.3. The van der Waals surface area contributed by atoms with Crippen molar-refractivity contribution in [2.45, 2.75) is 33.2 Å². The van der Waals surface area contributed by atoms with Crippen LogP contribution in [0.15, 0.2) is 0 Å². The first-order valence-corrected chi connectivity index (χ1v) is 6.81. The maximum atomic E-state index is 11.7. The molecule has 0 aliphatic rings. The van der Waals surface area contributed by atoms with Crippen LogP contribution in [-0.4, -0.2) is 35.0 Å². The van der Waals surface area contributed by atoms with Crippen LogP contribution in [0, 0.1) is 11.8 Å². The molecular weight excluding hydrogens is 226 g/mol. The van der Waals surface area contributed by atoms with E-state index >= 15 is 0 Å². The molecule has 1 unspecified atom stereocenters. The lowest BCUT2D eigenvalue weighted by Gasteiger charge is -2.19. The van der Waals surface area contributed by atoms with Crippen LogP contribution in [0.5, 0.6) is 0 Å². The fourth-order valence-electron chi connectivity index (χ4n) is 1.10. The van der Waals surface area contributed by atoms with Crippen LogP contribution in [0.1, 0.15) is 27.2 Å². The van der Waals surface area contributed by atoms with Crippen LogP contribution in [0.3, 0.4) is 0 Å². The van der Waals surface area contributed by atoms with Crippen LogP contribution in [0.25, 0.3) is 0 Å². The first-order chi connectivity index (χ1) is 7.40. The third-order valence-corrected chi connectivity index (χ3v) is 3.28. The summed E-state index contributed by atoms with van der Waals surface area (Å²) in [4.78, 5) is 22.6. The van der Waals surface area contributed by atoms with E-state index < -0.39 is 12.0 Å². The molecule has 0 aromatic carbocycles. The van der Waals surface area contributed by atoms with Crippen molar-refractivity contribution in [3.63, 3.8) is 0 Å². The molecule has 0 aromatic rings. The second kappa shape index (κ2) is 7.54. The fourth-order valence-corrected chi connectivity index (χ4v) is 1.57. The highest BCUT2D eigenvalue weighted by Gasteiger charge is 2.23. The van der Waals surface area contributed by atoms with Crippen LogP contribution < -0.4 is 5.32 Å². The standard InChI is InChI=1S/C11H21NO3S/c1-7(2)8(3)10(13)12-9(11(14)15)5-6-16-4/h7-9H,5-6H2,1-4H3,(H,12,13)(H,14,15)/t8?,9-/m0/s1. The number of hydrogen-bond acceptors (Lipinski definition) is 3. The highest BCUT2D eigenvalue weighted by Crippen LogP contribution is 2.10. The van der Waals surface area contributed by atoms with Crippen molar-refractivity contribution in [2.75, 3.05) is 12.0 Å². The van der Waals surface area contributed by atoms with Crippen LogP contribution in [0.4, 0.5) is 0 Å². The second-order valence-electron chi connectivity index (χ2n) is 4.21. The van der Waals surface area contributed by atoms with E-state index in [1.807, 2.05) is 27.0 Å². The van der Waals surface area contributed by atoms with Gasteiger partial charge in [0.05, 0.1) is 0 Å². The molecule has 0 aliphatic heterocycles. The van der Waals surface area contributed by atoms with Gasteiger partial charge in [-0.15, -0.1) is 0 Å². The number of nitrogens with one attached hydrogen (secondary N) is 1. The van der Waals surface area contributed by atoms with Crippen LogP contribution in [0.2, 0.25) is 0 Å². The lowest BCUT2D eigenvalue weighted by Crippen LogP contribution is -2.44. The van der Waals surface area contributed by atoms with E-state index in [-0.39, 0.29) is 17.7 Å². The monoisotopic (exact) mass is 247 g/mol. The van der Waals surface area contributed by atoms with Gasteiger partial charge in [0.2, 0.25) is 5.91 Å². The molecule has 0 rings (SSSR count). The van der Waals surface area contributed by atoms with Crippen molar-refractivity contribution in [3.05, 3.63) is 0 Å². The maximum Gasteiger partial charge on any atom is 0.326 e. The summed E-state index contributed by atoms with van der Waals surface area (Å²) in [5.41, 5.74) is 0. The number of aliphatic carboxylic acids is 1. The van der Waals surface area contributed by atoms with Gasteiger partial charge in [0.15, 0.2) is 0 Å². The molecule has 1 amide bonds. The molecule has 94 valence electrons. The Morgan fingerprint density at radius 3 is 2.25 bits per heavy atom. The minimum absolute atomic E-state index is 0.156. The topological polar surface area (TPSA) is 66.4 Å². The molecule has 5 heteroatoms. The predicted molar refractivity (Wildman–Crippen MR) is 66.6 cm³/mol. The fraction of sp³-hybridized carbons (Fsp3) is 0.818. The molecule has 0 aromatic heterocycles. The summed E-state index contributed by atoms with van der Waals surface area (Å²) in [5, 5.41) is 11.5. The number of carbonyl (C=O) groups excluding carboxylic acids is 1. The Morgan fingerprint density at radius 2 is 1.88 bits per heavy atom. The Kier molecular flexibility index (Phi) is 7.21. The first-order valence-electron chi connectivity index (χ1n) is 5.42. The van der Waals surface area contributed by atoms with Gasteiger partial charge in [-0.3, -0.25) is 4.79 Å². The van der Waals surface area contributed by atoms with Crippen molar-refractivity contribution in [3.8, 4) is 0 Å². The molecule has 0 heterocycles. The van der Waals surface area contributed by atoms with Gasteiger partial charge in [0, 0.05) is 5.92 Å². The summed E-state index contributed by atoms with van der Waals surface area (Å²) in [6.45, 7) is 5.71. The van der Waals surface area contributed by atoms with Gasteiger partial charge >= 0.3 is 5.97 Å². The Balaban J connectivity index is 4.28. The van der Waals surface area contributed by atoms with Crippen LogP contribution >= 0.6 is 11.8 Å². The number of carbonyl (C=O) groups is 2. The third-order valence-electron chi connectivity index (χ3n) is 2.64. The highest BCUT2D eigenvalue weighted by atomic mass is 32.2. The van der Waals surface area contributed by atoms with E-state index in [0.717, 1.165) is 5.75 Å². The first kappa shape index (κ1) is 15.3. The molecular formula is C11H21NO3S. The zero-order valence-corrected chi connectivity index (χ0v) is 11.1. The molecule has 4 nitrogen and oxygen atoms in total. The largest absolute Gasteiger partial charge is 0.480 e. The van der Waals surface area contributed by atoms with Gasteiger partial charge in [0.1, 0.15) is 6.04 Å². The third kappa shape index (κ3) is 5.39. The summed E-state index contributed by atoms with van der Waals surface area (Å²) in [6.07, 6.45) is 2.38. The maximum absolute atomic E-state index is 11.7. The molecule has 2 N–H and O–H groups in total. The Bertz CT molecular complexity index is 243. The predicted octanol–water partition coefficient (Wildman–Crippen LogP) is 1.60. The minimum Gasteiger partial charge on any atom is -0.480 e. The van der Waals surface area contributed by atoms with E-state index in [0.29, 0.717) is 6.42 Å². The molecule has 0 bridgehead atoms. The lowest BCUT2D eigenvalue weighted by molar-refractivity contribution is -0.142. The van der Waals surface area contributed by atoms with Gasteiger partial charge in [-0.2, -0.15) is 11.8 Å². The molecule has 0 fully saturated rings. The lowest BCUT2D eigenvalue weighted by atomic mass is 9.97. The zero-order chi connectivity index (χ0) is 12.7. The smallest absolute Gasteiger partial charge is 0.326 e. The number of amides is 1. The SMILES string of the molecule is CSCC[C@H](NC(=O)C(C)C(C)C)C(=O)O. The summed E-state index contributed by atoms with van der Waals surface area (Å²) >= 11 is 1.57. The van der Waals surface area contributed by atoms with E-state index in [4.69, 9.17) is 5.11 Å². The summed E-state index contributed by atoms with van der Waals surface area (Å²) in [5.74, 6) is -0.346. The number of carboxylic acid groups (broad SMARTS) is 1. The second-order valence-corrected chi connectivity index (χ2v) is 5.20. The van der Waals surface area contributed by atoms with Crippen molar-refractivity contribution in [1.82, 2.24) is 5.32 Å². The van der Waals surface area contributed by atoms with Gasteiger partial charge in [0.25, 0.3) is 0 Å².